The van der Waals surface area contributed by atoms with Crippen LogP contribution < -0.4 is 0 Å². The lowest BCUT2D eigenvalue weighted by atomic mass is 10.2. The van der Waals surface area contributed by atoms with E-state index in [0.717, 1.165) is 0 Å². The maximum absolute atomic E-state index is 11.5. The fourth-order valence-corrected chi connectivity index (χ4v) is 1.01. The normalized spacial score (nSPS) is 14.5. The van der Waals surface area contributed by atoms with E-state index in [1.807, 2.05) is 32.0 Å². The molecule has 0 bridgehead atoms. The molecule has 0 aromatic heterocycles. The van der Waals surface area contributed by atoms with Gasteiger partial charge in [-0.15, -0.1) is 0 Å². The Labute approximate surface area is 92.4 Å². The molecule has 0 aliphatic heterocycles. The third-order valence-electron chi connectivity index (χ3n) is 1.95. The Morgan fingerprint density at radius 2 is 1.86 bits per heavy atom. The summed E-state index contributed by atoms with van der Waals surface area (Å²) in [5, 5.41) is 0. The molecule has 2 nitrogen and oxygen atoms in total. The molecule has 2 atom stereocenters. The predicted molar refractivity (Wildman–Crippen MR) is 59.7 cm³/mol. The number of esters is 1. The minimum absolute atomic E-state index is 0.122. The van der Waals surface area contributed by atoms with Crippen molar-refractivity contribution in [3.63, 3.8) is 0 Å². The molecule has 0 fully saturated rings. The van der Waals surface area contributed by atoms with E-state index in [2.05, 4.69) is 15.9 Å². The molecular formula is C11H13BrO2. The molecule has 1 rings (SSSR count). The predicted octanol–water partition coefficient (Wildman–Crippen LogP) is 3.02. The highest BCUT2D eigenvalue weighted by Crippen LogP contribution is 2.10. The number of ether oxygens (including phenoxy) is 1. The van der Waals surface area contributed by atoms with Crippen LogP contribution in [0.4, 0.5) is 0 Å². The van der Waals surface area contributed by atoms with Crippen molar-refractivity contribution < 1.29 is 9.53 Å². The van der Waals surface area contributed by atoms with E-state index < -0.39 is 0 Å². The topological polar surface area (TPSA) is 26.3 Å². The van der Waals surface area contributed by atoms with Crippen LogP contribution >= 0.6 is 15.9 Å². The molecule has 0 saturated carbocycles. The van der Waals surface area contributed by atoms with Crippen molar-refractivity contribution in [1.29, 1.82) is 0 Å². The van der Waals surface area contributed by atoms with Gasteiger partial charge in [-0.3, -0.25) is 0 Å². The molecule has 1 aromatic carbocycles. The fourth-order valence-electron chi connectivity index (χ4n) is 0.905. The quantitative estimate of drug-likeness (QED) is 0.614. The highest BCUT2D eigenvalue weighted by molar-refractivity contribution is 9.09. The molecule has 1 aromatic rings. The summed E-state index contributed by atoms with van der Waals surface area (Å²) in [7, 11) is 0. The number of hydrogen-bond donors (Lipinski definition) is 0. The van der Waals surface area contributed by atoms with E-state index in [0.29, 0.717) is 5.56 Å². The van der Waals surface area contributed by atoms with Crippen LogP contribution in [-0.2, 0) is 4.74 Å². The van der Waals surface area contributed by atoms with Gasteiger partial charge in [-0.2, -0.15) is 0 Å². The van der Waals surface area contributed by atoms with Crippen molar-refractivity contribution in [2.75, 3.05) is 0 Å². The molecule has 0 aliphatic carbocycles. The Kier molecular flexibility index (Phi) is 4.14. The molecule has 76 valence electrons. The van der Waals surface area contributed by atoms with Gasteiger partial charge in [-0.25, -0.2) is 4.79 Å². The number of carbonyl (C=O) groups is 1. The van der Waals surface area contributed by atoms with Crippen LogP contribution in [0, 0.1) is 0 Å². The second-order valence-electron chi connectivity index (χ2n) is 3.15. The van der Waals surface area contributed by atoms with Crippen LogP contribution in [0.25, 0.3) is 0 Å². The van der Waals surface area contributed by atoms with Crippen LogP contribution in [0.2, 0.25) is 0 Å². The molecule has 0 saturated heterocycles. The van der Waals surface area contributed by atoms with E-state index in [9.17, 15) is 4.79 Å². The number of alkyl halides is 1. The van der Waals surface area contributed by atoms with Gasteiger partial charge in [0.2, 0.25) is 0 Å². The summed E-state index contributed by atoms with van der Waals surface area (Å²) < 4.78 is 5.21. The summed E-state index contributed by atoms with van der Waals surface area (Å²) in [6, 6.07) is 8.99. The van der Waals surface area contributed by atoms with Crippen molar-refractivity contribution in [3.8, 4) is 0 Å². The second-order valence-corrected chi connectivity index (χ2v) is 4.60. The molecule has 0 amide bonds. The van der Waals surface area contributed by atoms with Crippen molar-refractivity contribution >= 4 is 21.9 Å². The van der Waals surface area contributed by atoms with Gasteiger partial charge >= 0.3 is 5.97 Å². The lowest BCUT2D eigenvalue weighted by Gasteiger charge is -2.15. The molecule has 0 aliphatic rings. The molecular weight excluding hydrogens is 244 g/mol. The second kappa shape index (κ2) is 5.15. The number of hydrogen-bond acceptors (Lipinski definition) is 2. The van der Waals surface area contributed by atoms with Crippen LogP contribution in [0.1, 0.15) is 24.2 Å². The van der Waals surface area contributed by atoms with Gasteiger partial charge in [0.25, 0.3) is 0 Å². The molecule has 0 N–H and O–H groups in total. The van der Waals surface area contributed by atoms with Crippen molar-refractivity contribution in [3.05, 3.63) is 35.9 Å². The van der Waals surface area contributed by atoms with E-state index in [1.165, 1.54) is 0 Å². The molecule has 0 heterocycles. The van der Waals surface area contributed by atoms with Crippen LogP contribution in [-0.4, -0.2) is 16.9 Å². The first-order chi connectivity index (χ1) is 6.61. The Balaban J connectivity index is 2.60. The summed E-state index contributed by atoms with van der Waals surface area (Å²) in [5.41, 5.74) is 0.590. The molecule has 0 radical (unpaired) electrons. The Morgan fingerprint density at radius 1 is 1.29 bits per heavy atom. The third kappa shape index (κ3) is 3.14. The minimum Gasteiger partial charge on any atom is -0.458 e. The van der Waals surface area contributed by atoms with Crippen LogP contribution in [0.3, 0.4) is 0 Å². The van der Waals surface area contributed by atoms with Gasteiger partial charge in [0.05, 0.1) is 5.56 Å². The molecule has 2 unspecified atom stereocenters. The van der Waals surface area contributed by atoms with Gasteiger partial charge < -0.3 is 4.74 Å². The lowest BCUT2D eigenvalue weighted by molar-refractivity contribution is 0.0349. The number of carbonyl (C=O) groups excluding carboxylic acids is 1. The Bertz CT molecular complexity index is 295. The molecule has 0 spiro atoms. The monoisotopic (exact) mass is 256 g/mol. The Morgan fingerprint density at radius 3 is 2.36 bits per heavy atom. The summed E-state index contributed by atoms with van der Waals surface area (Å²) in [6.45, 7) is 3.81. The third-order valence-corrected chi connectivity index (χ3v) is 2.69. The zero-order valence-electron chi connectivity index (χ0n) is 8.24. The fraction of sp³-hybridized carbons (Fsp3) is 0.364. The zero-order valence-corrected chi connectivity index (χ0v) is 9.82. The van der Waals surface area contributed by atoms with Crippen LogP contribution in [0.15, 0.2) is 30.3 Å². The maximum Gasteiger partial charge on any atom is 0.338 e. The number of rotatable bonds is 3. The summed E-state index contributed by atoms with van der Waals surface area (Å²) >= 11 is 3.36. The van der Waals surface area contributed by atoms with Crippen molar-refractivity contribution in [2.24, 2.45) is 0 Å². The Hall–Kier alpha value is -0.830. The van der Waals surface area contributed by atoms with Gasteiger partial charge in [0.15, 0.2) is 0 Å². The minimum atomic E-state index is -0.274. The van der Waals surface area contributed by atoms with Crippen molar-refractivity contribution in [1.82, 2.24) is 0 Å². The first-order valence-corrected chi connectivity index (χ1v) is 5.43. The first-order valence-electron chi connectivity index (χ1n) is 4.51. The summed E-state index contributed by atoms with van der Waals surface area (Å²) in [6.07, 6.45) is -0.122. The molecule has 3 heteroatoms. The SMILES string of the molecule is CC(Br)C(C)OC(=O)c1ccccc1. The summed E-state index contributed by atoms with van der Waals surface area (Å²) in [5.74, 6) is -0.274. The average Bonchev–Trinajstić information content (AvgIpc) is 2.19. The van der Waals surface area contributed by atoms with Gasteiger partial charge in [0.1, 0.15) is 6.10 Å². The highest BCUT2D eigenvalue weighted by Gasteiger charge is 2.14. The van der Waals surface area contributed by atoms with E-state index in [4.69, 9.17) is 4.74 Å². The zero-order chi connectivity index (χ0) is 10.6. The largest absolute Gasteiger partial charge is 0.458 e. The van der Waals surface area contributed by atoms with Gasteiger partial charge in [0, 0.05) is 4.83 Å². The smallest absolute Gasteiger partial charge is 0.338 e. The van der Waals surface area contributed by atoms with Gasteiger partial charge in [-0.05, 0) is 26.0 Å². The van der Waals surface area contributed by atoms with Crippen molar-refractivity contribution in [2.45, 2.75) is 24.8 Å². The van der Waals surface area contributed by atoms with Crippen LogP contribution in [0.5, 0.6) is 0 Å². The van der Waals surface area contributed by atoms with E-state index in [-0.39, 0.29) is 16.9 Å². The lowest BCUT2D eigenvalue weighted by Crippen LogP contribution is -2.21. The first kappa shape index (κ1) is 11.2. The van der Waals surface area contributed by atoms with E-state index in [1.54, 1.807) is 12.1 Å². The maximum atomic E-state index is 11.5. The van der Waals surface area contributed by atoms with E-state index >= 15 is 0 Å². The standard InChI is InChI=1S/C11H13BrO2/c1-8(12)9(2)14-11(13)10-6-4-3-5-7-10/h3-9H,1-2H3. The summed E-state index contributed by atoms with van der Waals surface area (Å²) in [4.78, 5) is 11.7. The number of halogens is 1. The highest BCUT2D eigenvalue weighted by atomic mass is 79.9. The van der Waals surface area contributed by atoms with Gasteiger partial charge in [-0.1, -0.05) is 34.1 Å². The average molecular weight is 257 g/mol. The number of benzene rings is 1. The molecule has 14 heavy (non-hydrogen) atoms.